The number of benzene rings is 1. The Kier molecular flexibility index (Phi) is 7.43. The van der Waals surface area contributed by atoms with Crippen molar-refractivity contribution in [1.29, 1.82) is 0 Å². The van der Waals surface area contributed by atoms with Gasteiger partial charge in [-0.2, -0.15) is 0 Å². The number of aliphatic carboxylic acids is 1. The summed E-state index contributed by atoms with van der Waals surface area (Å²) in [5.41, 5.74) is 0.621. The first-order chi connectivity index (χ1) is 9.90. The Balaban J connectivity index is 2.43. The van der Waals surface area contributed by atoms with E-state index in [4.69, 9.17) is 5.11 Å². The van der Waals surface area contributed by atoms with E-state index in [9.17, 15) is 9.59 Å². The number of carbonyl (C=O) groups excluding carboxylic acids is 1. The van der Waals surface area contributed by atoms with Gasteiger partial charge in [0.15, 0.2) is 0 Å². The summed E-state index contributed by atoms with van der Waals surface area (Å²) in [6.07, 6.45) is 1.63. The van der Waals surface area contributed by atoms with E-state index < -0.39 is 5.97 Å². The highest BCUT2D eigenvalue weighted by Crippen LogP contribution is 2.20. The number of amides is 1. The first-order valence-corrected chi connectivity index (χ1v) is 7.95. The van der Waals surface area contributed by atoms with Crippen LogP contribution in [-0.4, -0.2) is 23.5 Å². The van der Waals surface area contributed by atoms with Crippen molar-refractivity contribution in [2.45, 2.75) is 33.1 Å². The normalized spacial score (nSPS) is 12.2. The van der Waals surface area contributed by atoms with Crippen molar-refractivity contribution in [2.75, 3.05) is 6.54 Å². The number of hydrogen-bond donors (Lipinski definition) is 2. The number of carbonyl (C=O) groups is 2. The van der Waals surface area contributed by atoms with Gasteiger partial charge in [-0.15, -0.1) is 0 Å². The Morgan fingerprint density at radius 1 is 1.29 bits per heavy atom. The number of carboxylic acids is 1. The molecular formula is C16H22BrNO3. The van der Waals surface area contributed by atoms with Crippen molar-refractivity contribution in [3.05, 3.63) is 34.3 Å². The molecule has 0 bridgehead atoms. The van der Waals surface area contributed by atoms with Gasteiger partial charge in [0.05, 0.1) is 0 Å². The summed E-state index contributed by atoms with van der Waals surface area (Å²) in [4.78, 5) is 22.6. The maximum absolute atomic E-state index is 12.0. The van der Waals surface area contributed by atoms with E-state index in [0.717, 1.165) is 10.9 Å². The predicted octanol–water partition coefficient (Wildman–Crippen LogP) is 3.71. The van der Waals surface area contributed by atoms with Gasteiger partial charge in [-0.1, -0.05) is 35.8 Å². The molecule has 0 fully saturated rings. The highest BCUT2D eigenvalue weighted by atomic mass is 79.9. The lowest BCUT2D eigenvalue weighted by Crippen LogP contribution is -2.27. The molecule has 0 heterocycles. The van der Waals surface area contributed by atoms with Gasteiger partial charge in [-0.25, -0.2) is 0 Å². The monoisotopic (exact) mass is 355 g/mol. The van der Waals surface area contributed by atoms with Gasteiger partial charge < -0.3 is 10.4 Å². The first-order valence-electron chi connectivity index (χ1n) is 7.15. The van der Waals surface area contributed by atoms with Crippen LogP contribution in [0.15, 0.2) is 28.7 Å². The number of halogens is 1. The van der Waals surface area contributed by atoms with Crippen molar-refractivity contribution >= 4 is 27.8 Å². The molecule has 5 heteroatoms. The zero-order chi connectivity index (χ0) is 15.8. The van der Waals surface area contributed by atoms with E-state index in [0.29, 0.717) is 30.4 Å². The molecule has 0 radical (unpaired) electrons. The topological polar surface area (TPSA) is 66.4 Å². The van der Waals surface area contributed by atoms with Crippen LogP contribution >= 0.6 is 15.9 Å². The molecule has 4 nitrogen and oxygen atoms in total. The Morgan fingerprint density at radius 2 is 2.00 bits per heavy atom. The zero-order valence-electron chi connectivity index (χ0n) is 12.4. The third-order valence-electron chi connectivity index (χ3n) is 3.56. The molecule has 1 unspecified atom stereocenters. The molecule has 0 aliphatic rings. The molecule has 0 aliphatic heterocycles. The largest absolute Gasteiger partial charge is 0.481 e. The molecule has 1 aromatic carbocycles. The van der Waals surface area contributed by atoms with Crippen LogP contribution in [0.1, 0.15) is 43.5 Å². The third kappa shape index (κ3) is 6.76. The lowest BCUT2D eigenvalue weighted by Gasteiger charge is -2.20. The fourth-order valence-corrected chi connectivity index (χ4v) is 2.62. The van der Waals surface area contributed by atoms with Crippen LogP contribution in [0.2, 0.25) is 0 Å². The number of nitrogens with one attached hydrogen (secondary N) is 1. The van der Waals surface area contributed by atoms with Crippen molar-refractivity contribution in [2.24, 2.45) is 11.8 Å². The van der Waals surface area contributed by atoms with E-state index in [1.165, 1.54) is 0 Å². The van der Waals surface area contributed by atoms with Gasteiger partial charge in [-0.3, -0.25) is 9.59 Å². The van der Waals surface area contributed by atoms with Gasteiger partial charge in [0.1, 0.15) is 0 Å². The van der Waals surface area contributed by atoms with Crippen molar-refractivity contribution in [3.8, 4) is 0 Å². The molecule has 0 saturated heterocycles. The molecule has 1 rings (SSSR count). The second-order valence-corrected chi connectivity index (χ2v) is 6.41. The summed E-state index contributed by atoms with van der Waals surface area (Å²) in [5, 5.41) is 11.7. The zero-order valence-corrected chi connectivity index (χ0v) is 14.0. The standard InChI is InChI=1S/C16H22BrNO3/c1-11(2)12(6-7-15(19)20)8-9-18-16(21)13-4-3-5-14(17)10-13/h3-5,10-12H,6-9H2,1-2H3,(H,18,21)(H,19,20). The van der Waals surface area contributed by atoms with E-state index in [2.05, 4.69) is 35.1 Å². The molecular weight excluding hydrogens is 334 g/mol. The van der Waals surface area contributed by atoms with Crippen LogP contribution in [-0.2, 0) is 4.79 Å². The third-order valence-corrected chi connectivity index (χ3v) is 4.05. The average Bonchev–Trinajstić information content (AvgIpc) is 2.41. The molecule has 21 heavy (non-hydrogen) atoms. The highest BCUT2D eigenvalue weighted by Gasteiger charge is 2.15. The first kappa shape index (κ1) is 17.7. The van der Waals surface area contributed by atoms with E-state index >= 15 is 0 Å². The van der Waals surface area contributed by atoms with E-state index in [-0.39, 0.29) is 12.3 Å². The van der Waals surface area contributed by atoms with Crippen molar-refractivity contribution in [3.63, 3.8) is 0 Å². The lowest BCUT2D eigenvalue weighted by atomic mass is 9.88. The summed E-state index contributed by atoms with van der Waals surface area (Å²) in [6, 6.07) is 7.24. The van der Waals surface area contributed by atoms with Crippen LogP contribution in [0.5, 0.6) is 0 Å². The van der Waals surface area contributed by atoms with Crippen LogP contribution in [0.25, 0.3) is 0 Å². The number of hydrogen-bond acceptors (Lipinski definition) is 2. The maximum Gasteiger partial charge on any atom is 0.303 e. The Bertz CT molecular complexity index is 488. The quantitative estimate of drug-likeness (QED) is 0.746. The molecule has 116 valence electrons. The minimum atomic E-state index is -0.765. The van der Waals surface area contributed by atoms with E-state index in [1.54, 1.807) is 12.1 Å². The van der Waals surface area contributed by atoms with Crippen molar-refractivity contribution in [1.82, 2.24) is 5.32 Å². The molecule has 0 aliphatic carbocycles. The minimum Gasteiger partial charge on any atom is -0.481 e. The molecule has 1 atom stereocenters. The predicted molar refractivity (Wildman–Crippen MR) is 86.3 cm³/mol. The SMILES string of the molecule is CC(C)C(CCNC(=O)c1cccc(Br)c1)CCC(=O)O. The molecule has 0 saturated carbocycles. The smallest absolute Gasteiger partial charge is 0.303 e. The van der Waals surface area contributed by atoms with Crippen molar-refractivity contribution < 1.29 is 14.7 Å². The summed E-state index contributed by atoms with van der Waals surface area (Å²) >= 11 is 3.34. The maximum atomic E-state index is 12.0. The van der Waals surface area contributed by atoms with E-state index in [1.807, 2.05) is 12.1 Å². The molecule has 1 aromatic rings. The fraction of sp³-hybridized carbons (Fsp3) is 0.500. The Morgan fingerprint density at radius 3 is 2.57 bits per heavy atom. The molecule has 2 N–H and O–H groups in total. The molecule has 0 aromatic heterocycles. The highest BCUT2D eigenvalue weighted by molar-refractivity contribution is 9.10. The van der Waals surface area contributed by atoms with Gasteiger partial charge in [0, 0.05) is 23.0 Å². The van der Waals surface area contributed by atoms with Crippen LogP contribution in [0.4, 0.5) is 0 Å². The van der Waals surface area contributed by atoms with Crippen LogP contribution in [0, 0.1) is 11.8 Å². The average molecular weight is 356 g/mol. The van der Waals surface area contributed by atoms with Crippen LogP contribution in [0.3, 0.4) is 0 Å². The second kappa shape index (κ2) is 8.82. The van der Waals surface area contributed by atoms with Gasteiger partial charge in [0.2, 0.25) is 0 Å². The summed E-state index contributed by atoms with van der Waals surface area (Å²) in [5.74, 6) is -0.146. The van der Waals surface area contributed by atoms with Gasteiger partial charge in [-0.05, 0) is 42.9 Å². The Labute approximate surface area is 134 Å². The van der Waals surface area contributed by atoms with Gasteiger partial charge in [0.25, 0.3) is 5.91 Å². The summed E-state index contributed by atoms with van der Waals surface area (Å²) in [6.45, 7) is 4.74. The summed E-state index contributed by atoms with van der Waals surface area (Å²) < 4.78 is 0.872. The van der Waals surface area contributed by atoms with Crippen LogP contribution < -0.4 is 5.32 Å². The van der Waals surface area contributed by atoms with Gasteiger partial charge >= 0.3 is 5.97 Å². The Hall–Kier alpha value is -1.36. The number of rotatable bonds is 8. The molecule has 1 amide bonds. The second-order valence-electron chi connectivity index (χ2n) is 5.49. The fourth-order valence-electron chi connectivity index (χ4n) is 2.22. The summed E-state index contributed by atoms with van der Waals surface area (Å²) in [7, 11) is 0. The number of carboxylic acid groups (broad SMARTS) is 1. The lowest BCUT2D eigenvalue weighted by molar-refractivity contribution is -0.137. The minimum absolute atomic E-state index is 0.1000. The molecule has 0 spiro atoms.